The lowest BCUT2D eigenvalue weighted by molar-refractivity contribution is 0.175. The molecule has 0 amide bonds. The van der Waals surface area contributed by atoms with Gasteiger partial charge in [-0.15, -0.1) is 0 Å². The van der Waals surface area contributed by atoms with E-state index in [9.17, 15) is 0 Å². The molecule has 1 aromatic rings. The molecule has 1 fully saturated rings. The minimum atomic E-state index is 0.335. The molecule has 118 valence electrons. The van der Waals surface area contributed by atoms with Crippen LogP contribution in [0.5, 0.6) is 0 Å². The lowest BCUT2D eigenvalue weighted by atomic mass is 9.72. The SMILES string of the molecule is CCCNC(c1cc(Cl)ccc1Cl)C1CCCCC1CC. The third kappa shape index (κ3) is 4.37. The Labute approximate surface area is 139 Å². The fourth-order valence-electron chi connectivity index (χ4n) is 3.73. The normalized spacial score (nSPS) is 24.0. The second-order valence-corrected chi connectivity index (χ2v) is 7.06. The Morgan fingerprint density at radius 1 is 1.19 bits per heavy atom. The minimum absolute atomic E-state index is 0.335. The van der Waals surface area contributed by atoms with Crippen molar-refractivity contribution in [1.82, 2.24) is 5.32 Å². The number of hydrogen-bond donors (Lipinski definition) is 1. The molecule has 3 heteroatoms. The largest absolute Gasteiger partial charge is 0.310 e. The van der Waals surface area contributed by atoms with Gasteiger partial charge in [0.15, 0.2) is 0 Å². The van der Waals surface area contributed by atoms with Crippen LogP contribution in [0.3, 0.4) is 0 Å². The molecular weight excluding hydrogens is 301 g/mol. The number of rotatable bonds is 6. The summed E-state index contributed by atoms with van der Waals surface area (Å²) in [6.07, 6.45) is 7.75. The van der Waals surface area contributed by atoms with Crippen molar-refractivity contribution in [3.05, 3.63) is 33.8 Å². The van der Waals surface area contributed by atoms with E-state index in [0.29, 0.717) is 12.0 Å². The van der Waals surface area contributed by atoms with Gasteiger partial charge in [0, 0.05) is 16.1 Å². The van der Waals surface area contributed by atoms with E-state index in [2.05, 4.69) is 25.2 Å². The summed E-state index contributed by atoms with van der Waals surface area (Å²) in [5, 5.41) is 5.37. The van der Waals surface area contributed by atoms with Gasteiger partial charge >= 0.3 is 0 Å². The smallest absolute Gasteiger partial charge is 0.0454 e. The average Bonchev–Trinajstić information content (AvgIpc) is 2.51. The van der Waals surface area contributed by atoms with Gasteiger partial charge < -0.3 is 5.32 Å². The van der Waals surface area contributed by atoms with E-state index >= 15 is 0 Å². The van der Waals surface area contributed by atoms with Crippen LogP contribution in [-0.2, 0) is 0 Å². The highest BCUT2D eigenvalue weighted by Gasteiger charge is 2.32. The lowest BCUT2D eigenvalue weighted by Crippen LogP contribution is -2.35. The van der Waals surface area contributed by atoms with Crippen molar-refractivity contribution in [2.45, 2.75) is 58.4 Å². The van der Waals surface area contributed by atoms with Crippen molar-refractivity contribution >= 4 is 23.2 Å². The predicted octanol–water partition coefficient (Wildman–Crippen LogP) is 6.25. The van der Waals surface area contributed by atoms with Crippen molar-refractivity contribution in [3.63, 3.8) is 0 Å². The molecule has 0 saturated heterocycles. The fraction of sp³-hybridized carbons (Fsp3) is 0.667. The van der Waals surface area contributed by atoms with Gasteiger partial charge in [0.1, 0.15) is 0 Å². The summed E-state index contributed by atoms with van der Waals surface area (Å²) in [5.41, 5.74) is 1.18. The first-order chi connectivity index (χ1) is 10.2. The van der Waals surface area contributed by atoms with Gasteiger partial charge in [-0.2, -0.15) is 0 Å². The standard InChI is InChI=1S/C18H27Cl2N/c1-3-11-21-18(15-8-6-5-7-13(15)4-2)16-12-14(19)9-10-17(16)20/h9-10,12-13,15,18,21H,3-8,11H2,1-2H3. The van der Waals surface area contributed by atoms with E-state index in [0.717, 1.165) is 28.9 Å². The van der Waals surface area contributed by atoms with E-state index in [-0.39, 0.29) is 0 Å². The number of halogens is 2. The average molecular weight is 328 g/mol. The first kappa shape index (κ1) is 17.1. The van der Waals surface area contributed by atoms with Crippen LogP contribution < -0.4 is 5.32 Å². The molecule has 2 rings (SSSR count). The first-order valence-electron chi connectivity index (χ1n) is 8.35. The van der Waals surface area contributed by atoms with Crippen molar-refractivity contribution in [3.8, 4) is 0 Å². The van der Waals surface area contributed by atoms with Crippen molar-refractivity contribution < 1.29 is 0 Å². The van der Waals surface area contributed by atoms with Crippen LogP contribution in [0.1, 0.15) is 64.0 Å². The second-order valence-electron chi connectivity index (χ2n) is 6.21. The molecule has 1 nitrogen and oxygen atoms in total. The monoisotopic (exact) mass is 327 g/mol. The molecule has 0 bridgehead atoms. The third-order valence-electron chi connectivity index (χ3n) is 4.83. The molecule has 1 N–H and O–H groups in total. The molecule has 0 aliphatic heterocycles. The van der Waals surface area contributed by atoms with Gasteiger partial charge in [0.25, 0.3) is 0 Å². The van der Waals surface area contributed by atoms with Crippen LogP contribution in [0.2, 0.25) is 10.0 Å². The topological polar surface area (TPSA) is 12.0 Å². The maximum atomic E-state index is 6.48. The van der Waals surface area contributed by atoms with E-state index in [1.54, 1.807) is 0 Å². The molecule has 3 unspecified atom stereocenters. The minimum Gasteiger partial charge on any atom is -0.310 e. The Hall–Kier alpha value is -0.240. The van der Waals surface area contributed by atoms with E-state index < -0.39 is 0 Å². The second kappa shape index (κ2) is 8.41. The highest BCUT2D eigenvalue weighted by molar-refractivity contribution is 6.33. The molecule has 1 aromatic carbocycles. The van der Waals surface area contributed by atoms with Gasteiger partial charge in [0.05, 0.1) is 0 Å². The van der Waals surface area contributed by atoms with E-state index in [4.69, 9.17) is 23.2 Å². The molecular formula is C18H27Cl2N. The zero-order valence-electron chi connectivity index (χ0n) is 13.2. The maximum Gasteiger partial charge on any atom is 0.0454 e. The molecule has 1 saturated carbocycles. The van der Waals surface area contributed by atoms with Crippen molar-refractivity contribution in [2.24, 2.45) is 11.8 Å². The molecule has 3 atom stereocenters. The molecule has 0 spiro atoms. The van der Waals surface area contributed by atoms with Crippen molar-refractivity contribution in [1.29, 1.82) is 0 Å². The molecule has 0 heterocycles. The van der Waals surface area contributed by atoms with Crippen LogP contribution in [0.4, 0.5) is 0 Å². The summed E-state index contributed by atoms with van der Waals surface area (Å²) in [5.74, 6) is 1.47. The van der Waals surface area contributed by atoms with Crippen LogP contribution in [-0.4, -0.2) is 6.54 Å². The number of benzene rings is 1. The van der Waals surface area contributed by atoms with Gasteiger partial charge in [-0.3, -0.25) is 0 Å². The molecule has 1 aliphatic carbocycles. The quantitative estimate of drug-likeness (QED) is 0.651. The highest BCUT2D eigenvalue weighted by atomic mass is 35.5. The Morgan fingerprint density at radius 2 is 1.95 bits per heavy atom. The molecule has 1 aliphatic rings. The lowest BCUT2D eigenvalue weighted by Gasteiger charge is -2.38. The fourth-order valence-corrected chi connectivity index (χ4v) is 4.14. The van der Waals surface area contributed by atoms with Crippen LogP contribution >= 0.6 is 23.2 Å². The third-order valence-corrected chi connectivity index (χ3v) is 5.41. The molecule has 0 radical (unpaired) electrons. The number of hydrogen-bond acceptors (Lipinski definition) is 1. The highest BCUT2D eigenvalue weighted by Crippen LogP contribution is 2.42. The van der Waals surface area contributed by atoms with Gasteiger partial charge in [-0.1, -0.05) is 62.7 Å². The van der Waals surface area contributed by atoms with E-state index in [1.165, 1.54) is 37.7 Å². The number of nitrogens with one attached hydrogen (secondary N) is 1. The van der Waals surface area contributed by atoms with Crippen LogP contribution in [0, 0.1) is 11.8 Å². The van der Waals surface area contributed by atoms with Crippen LogP contribution in [0.15, 0.2) is 18.2 Å². The Bertz CT molecular complexity index is 447. The molecule has 0 aromatic heterocycles. The Kier molecular flexibility index (Phi) is 6.85. The van der Waals surface area contributed by atoms with Crippen molar-refractivity contribution in [2.75, 3.05) is 6.54 Å². The Morgan fingerprint density at radius 3 is 2.67 bits per heavy atom. The van der Waals surface area contributed by atoms with Gasteiger partial charge in [-0.05, 0) is 55.0 Å². The summed E-state index contributed by atoms with van der Waals surface area (Å²) in [6, 6.07) is 6.20. The summed E-state index contributed by atoms with van der Waals surface area (Å²) in [6.45, 7) is 5.56. The summed E-state index contributed by atoms with van der Waals surface area (Å²) >= 11 is 12.7. The summed E-state index contributed by atoms with van der Waals surface area (Å²) in [4.78, 5) is 0. The first-order valence-corrected chi connectivity index (χ1v) is 9.11. The summed E-state index contributed by atoms with van der Waals surface area (Å²) < 4.78 is 0. The Balaban J connectivity index is 2.30. The summed E-state index contributed by atoms with van der Waals surface area (Å²) in [7, 11) is 0. The zero-order valence-corrected chi connectivity index (χ0v) is 14.7. The van der Waals surface area contributed by atoms with Crippen LogP contribution in [0.25, 0.3) is 0 Å². The van der Waals surface area contributed by atoms with Gasteiger partial charge in [-0.25, -0.2) is 0 Å². The maximum absolute atomic E-state index is 6.48. The zero-order chi connectivity index (χ0) is 15.2. The predicted molar refractivity (Wildman–Crippen MR) is 93.2 cm³/mol. The van der Waals surface area contributed by atoms with Gasteiger partial charge in [0.2, 0.25) is 0 Å². The van der Waals surface area contributed by atoms with E-state index in [1.807, 2.05) is 12.1 Å². The molecule has 21 heavy (non-hydrogen) atoms.